The van der Waals surface area contributed by atoms with Gasteiger partial charge in [-0.05, 0) is 12.0 Å². The largest absolute Gasteiger partial charge is 0.465 e. The van der Waals surface area contributed by atoms with Gasteiger partial charge in [-0.1, -0.05) is 55.8 Å². The van der Waals surface area contributed by atoms with E-state index in [0.29, 0.717) is 19.7 Å². The van der Waals surface area contributed by atoms with Crippen LogP contribution < -0.4 is 0 Å². The third-order valence-corrected chi connectivity index (χ3v) is 5.41. The average molecular weight is 341 g/mol. The van der Waals surface area contributed by atoms with E-state index < -0.39 is 17.4 Å². The van der Waals surface area contributed by atoms with Gasteiger partial charge in [0.05, 0.1) is 25.2 Å². The fraction of sp³-hybridized carbons (Fsp3) is 0.500. The second-order valence-corrected chi connectivity index (χ2v) is 7.10. The molecule has 2 fully saturated rings. The summed E-state index contributed by atoms with van der Waals surface area (Å²) in [6.07, 6.45) is 5.36. The number of fused-ring (bicyclic) bond motifs is 1. The van der Waals surface area contributed by atoms with Gasteiger partial charge in [0, 0.05) is 6.54 Å². The number of likely N-dealkylation sites (tertiary alicyclic amines) is 1. The monoisotopic (exact) mass is 341 g/mol. The minimum Gasteiger partial charge on any atom is -0.465 e. The van der Waals surface area contributed by atoms with Gasteiger partial charge in [-0.3, -0.25) is 9.59 Å². The highest BCUT2D eigenvalue weighted by molar-refractivity contribution is 5.91. The lowest BCUT2D eigenvalue weighted by Crippen LogP contribution is -2.40. The van der Waals surface area contributed by atoms with Gasteiger partial charge in [0.25, 0.3) is 0 Å². The molecule has 0 N–H and O–H groups in total. The van der Waals surface area contributed by atoms with Crippen molar-refractivity contribution in [3.63, 3.8) is 0 Å². The normalized spacial score (nSPS) is 32.3. The highest BCUT2D eigenvalue weighted by Crippen LogP contribution is 2.52. The molecule has 5 heteroatoms. The van der Waals surface area contributed by atoms with Crippen molar-refractivity contribution in [3.05, 3.63) is 48.0 Å². The molecule has 1 aromatic carbocycles. The molecule has 4 atom stereocenters. The number of esters is 1. The van der Waals surface area contributed by atoms with Crippen LogP contribution in [0.25, 0.3) is 0 Å². The number of hydrogen-bond donors (Lipinski definition) is 0. The van der Waals surface area contributed by atoms with Gasteiger partial charge < -0.3 is 14.4 Å². The first-order chi connectivity index (χ1) is 12.1. The maximum absolute atomic E-state index is 13.0. The number of benzene rings is 1. The molecule has 1 aromatic rings. The van der Waals surface area contributed by atoms with Crippen LogP contribution in [0.2, 0.25) is 0 Å². The molecule has 3 heterocycles. The van der Waals surface area contributed by atoms with Crippen LogP contribution in [-0.2, 0) is 25.6 Å². The summed E-state index contributed by atoms with van der Waals surface area (Å²) in [5.74, 6) is -1.28. The highest BCUT2D eigenvalue weighted by atomic mass is 16.6. The summed E-state index contributed by atoms with van der Waals surface area (Å²) in [6.45, 7) is 3.49. The van der Waals surface area contributed by atoms with Crippen molar-refractivity contribution in [2.45, 2.75) is 38.0 Å². The standard InChI is InChI=1S/C20H23NO4/c1-2-3-11-24-19(23)16-15-9-10-20(25-15)13-21(18(22)17(16)20)12-14-7-5-4-6-8-14/h4-10,15-17H,2-3,11-13H2,1H3/t15-,16?,17-,20?/m1/s1. The maximum Gasteiger partial charge on any atom is 0.312 e. The van der Waals surface area contributed by atoms with Crippen molar-refractivity contribution in [1.82, 2.24) is 4.90 Å². The van der Waals surface area contributed by atoms with Crippen molar-refractivity contribution in [1.29, 1.82) is 0 Å². The van der Waals surface area contributed by atoms with E-state index in [2.05, 4.69) is 0 Å². The summed E-state index contributed by atoms with van der Waals surface area (Å²) in [5, 5.41) is 0. The van der Waals surface area contributed by atoms with Crippen molar-refractivity contribution in [2.24, 2.45) is 11.8 Å². The van der Waals surface area contributed by atoms with Crippen molar-refractivity contribution < 1.29 is 19.1 Å². The highest BCUT2D eigenvalue weighted by Gasteiger charge is 2.67. The molecular formula is C20H23NO4. The molecule has 5 nitrogen and oxygen atoms in total. The molecule has 0 aromatic heterocycles. The zero-order valence-corrected chi connectivity index (χ0v) is 14.4. The molecule has 4 rings (SSSR count). The smallest absolute Gasteiger partial charge is 0.312 e. The molecule has 132 valence electrons. The van der Waals surface area contributed by atoms with E-state index in [9.17, 15) is 9.59 Å². The second kappa shape index (κ2) is 6.30. The Balaban J connectivity index is 1.52. The van der Waals surface area contributed by atoms with Crippen LogP contribution in [0, 0.1) is 11.8 Å². The van der Waals surface area contributed by atoms with Gasteiger partial charge in [-0.2, -0.15) is 0 Å². The van der Waals surface area contributed by atoms with Gasteiger partial charge in [0.15, 0.2) is 0 Å². The Labute approximate surface area is 147 Å². The van der Waals surface area contributed by atoms with Crippen molar-refractivity contribution >= 4 is 11.9 Å². The van der Waals surface area contributed by atoms with Gasteiger partial charge >= 0.3 is 5.97 Å². The minimum absolute atomic E-state index is 0.00635. The summed E-state index contributed by atoms with van der Waals surface area (Å²) in [6, 6.07) is 9.89. The molecule has 3 aliphatic heterocycles. The first-order valence-corrected chi connectivity index (χ1v) is 9.01. The predicted molar refractivity (Wildman–Crippen MR) is 91.5 cm³/mol. The lowest BCUT2D eigenvalue weighted by atomic mass is 9.77. The summed E-state index contributed by atoms with van der Waals surface area (Å²) >= 11 is 0. The van der Waals surface area contributed by atoms with Gasteiger partial charge in [-0.25, -0.2) is 0 Å². The van der Waals surface area contributed by atoms with Crippen LogP contribution in [0.4, 0.5) is 0 Å². The fourth-order valence-corrected chi connectivity index (χ4v) is 4.20. The number of amides is 1. The number of carbonyl (C=O) groups is 2. The molecule has 2 unspecified atom stereocenters. The van der Waals surface area contributed by atoms with E-state index >= 15 is 0 Å². The van der Waals surface area contributed by atoms with Crippen LogP contribution in [0.15, 0.2) is 42.5 Å². The third-order valence-electron chi connectivity index (χ3n) is 5.41. The van der Waals surface area contributed by atoms with E-state index in [1.54, 1.807) is 4.90 Å². The molecule has 1 spiro atoms. The van der Waals surface area contributed by atoms with Crippen LogP contribution in [-0.4, -0.2) is 41.6 Å². The van der Waals surface area contributed by atoms with E-state index in [1.165, 1.54) is 0 Å². The SMILES string of the molecule is CCCCOC(=O)C1[C@H]2C=CC3(CN(Cc4ccccc4)C(=O)[C@@H]13)O2. The third kappa shape index (κ3) is 2.67. The van der Waals surface area contributed by atoms with Gasteiger partial charge in [0.2, 0.25) is 5.91 Å². The summed E-state index contributed by atoms with van der Waals surface area (Å²) in [5.41, 5.74) is 0.415. The van der Waals surface area contributed by atoms with Crippen molar-refractivity contribution in [3.8, 4) is 0 Å². The molecule has 0 aliphatic carbocycles. The minimum atomic E-state index is -0.662. The first kappa shape index (κ1) is 16.3. The van der Waals surface area contributed by atoms with E-state index in [1.807, 2.05) is 49.4 Å². The summed E-state index contributed by atoms with van der Waals surface area (Å²) in [4.78, 5) is 27.4. The molecule has 25 heavy (non-hydrogen) atoms. The average Bonchev–Trinajstić information content (AvgIpc) is 3.25. The van der Waals surface area contributed by atoms with Gasteiger partial charge in [0.1, 0.15) is 11.5 Å². The number of unbranched alkanes of at least 4 members (excludes halogenated alkanes) is 1. The number of ether oxygens (including phenoxy) is 2. The van der Waals surface area contributed by atoms with Crippen LogP contribution in [0.3, 0.4) is 0 Å². The number of hydrogen-bond acceptors (Lipinski definition) is 4. The Bertz CT molecular complexity index is 701. The van der Waals surface area contributed by atoms with E-state index in [0.717, 1.165) is 18.4 Å². The molecule has 0 saturated carbocycles. The lowest BCUT2D eigenvalue weighted by Gasteiger charge is -2.22. The Hall–Kier alpha value is -2.14. The Morgan fingerprint density at radius 3 is 2.92 bits per heavy atom. The molecule has 0 radical (unpaired) electrons. The topological polar surface area (TPSA) is 55.8 Å². The summed E-state index contributed by atoms with van der Waals surface area (Å²) in [7, 11) is 0. The Kier molecular flexibility index (Phi) is 4.12. The first-order valence-electron chi connectivity index (χ1n) is 9.01. The molecule has 2 saturated heterocycles. The number of carbonyl (C=O) groups excluding carboxylic acids is 2. The van der Waals surface area contributed by atoms with Crippen LogP contribution >= 0.6 is 0 Å². The zero-order chi connectivity index (χ0) is 17.4. The molecule has 3 aliphatic rings. The number of nitrogens with zero attached hydrogens (tertiary/aromatic N) is 1. The van der Waals surface area contributed by atoms with E-state index in [4.69, 9.17) is 9.47 Å². The molecular weight excluding hydrogens is 318 g/mol. The number of rotatable bonds is 6. The second-order valence-electron chi connectivity index (χ2n) is 7.10. The van der Waals surface area contributed by atoms with Crippen molar-refractivity contribution in [2.75, 3.05) is 13.2 Å². The van der Waals surface area contributed by atoms with Crippen LogP contribution in [0.1, 0.15) is 25.3 Å². The Morgan fingerprint density at radius 1 is 1.36 bits per heavy atom. The predicted octanol–water partition coefficient (Wildman–Crippen LogP) is 2.31. The quantitative estimate of drug-likeness (QED) is 0.453. The maximum atomic E-state index is 13.0. The van der Waals surface area contributed by atoms with Gasteiger partial charge in [-0.15, -0.1) is 0 Å². The fourth-order valence-electron chi connectivity index (χ4n) is 4.20. The summed E-state index contributed by atoms with van der Waals surface area (Å²) < 4.78 is 11.5. The van der Waals surface area contributed by atoms with Crippen LogP contribution in [0.5, 0.6) is 0 Å². The lowest BCUT2D eigenvalue weighted by molar-refractivity contribution is -0.154. The zero-order valence-electron chi connectivity index (χ0n) is 14.4. The molecule has 2 bridgehead atoms. The molecule has 1 amide bonds. The Morgan fingerprint density at radius 2 is 2.16 bits per heavy atom. The van der Waals surface area contributed by atoms with E-state index in [-0.39, 0.29) is 18.0 Å².